The Kier molecular flexibility index (Phi) is 2.55. The molecule has 0 spiro atoms. The van der Waals surface area contributed by atoms with Crippen molar-refractivity contribution in [2.75, 3.05) is 6.54 Å². The van der Waals surface area contributed by atoms with Gasteiger partial charge in [-0.3, -0.25) is 9.59 Å². The van der Waals surface area contributed by atoms with E-state index in [0.717, 1.165) is 0 Å². The van der Waals surface area contributed by atoms with Crippen LogP contribution in [0.5, 0.6) is 0 Å². The highest BCUT2D eigenvalue weighted by Crippen LogP contribution is 2.45. The number of rotatable bonds is 4. The number of nitrogens with one attached hydrogen (secondary N) is 1. The van der Waals surface area contributed by atoms with Crippen LogP contribution in [0.15, 0.2) is 18.7 Å². The second kappa shape index (κ2) is 3.88. The summed E-state index contributed by atoms with van der Waals surface area (Å²) in [5, 5.41) is 11.5. The summed E-state index contributed by atoms with van der Waals surface area (Å²) in [5.41, 5.74) is -0.408. The van der Waals surface area contributed by atoms with Crippen molar-refractivity contribution < 1.29 is 14.7 Å². The van der Waals surface area contributed by atoms with Crippen LogP contribution in [-0.4, -0.2) is 33.5 Å². The predicted molar refractivity (Wildman–Crippen MR) is 53.7 cm³/mol. The molecule has 16 heavy (non-hydrogen) atoms. The molecule has 6 heteroatoms. The van der Waals surface area contributed by atoms with Gasteiger partial charge in [-0.1, -0.05) is 0 Å². The molecule has 84 valence electrons. The molecule has 0 saturated heterocycles. The highest BCUT2D eigenvalue weighted by Gasteiger charge is 2.50. The van der Waals surface area contributed by atoms with E-state index in [9.17, 15) is 9.59 Å². The number of aliphatic carboxylic acids is 1. The maximum atomic E-state index is 11.6. The van der Waals surface area contributed by atoms with Crippen LogP contribution in [0.4, 0.5) is 0 Å². The van der Waals surface area contributed by atoms with Crippen molar-refractivity contribution in [3.05, 3.63) is 24.3 Å². The van der Waals surface area contributed by atoms with Gasteiger partial charge in [-0.05, 0) is 12.8 Å². The first-order valence-electron chi connectivity index (χ1n) is 4.91. The molecule has 1 aromatic rings. The molecule has 0 bridgehead atoms. The minimum Gasteiger partial charge on any atom is -0.481 e. The van der Waals surface area contributed by atoms with E-state index in [1.165, 1.54) is 18.7 Å². The number of carbonyl (C=O) groups excluding carboxylic acids is 1. The quantitative estimate of drug-likeness (QED) is 0.750. The van der Waals surface area contributed by atoms with Crippen LogP contribution < -0.4 is 5.32 Å². The molecule has 0 unspecified atom stereocenters. The highest BCUT2D eigenvalue weighted by atomic mass is 16.4. The van der Waals surface area contributed by atoms with Gasteiger partial charge < -0.3 is 10.4 Å². The molecule has 1 fully saturated rings. The van der Waals surface area contributed by atoms with E-state index in [1.54, 1.807) is 0 Å². The topological polar surface area (TPSA) is 92.2 Å². The summed E-state index contributed by atoms with van der Waals surface area (Å²) in [6, 6.07) is 0. The second-order valence-corrected chi connectivity index (χ2v) is 3.90. The van der Waals surface area contributed by atoms with Gasteiger partial charge in [-0.25, -0.2) is 9.97 Å². The lowest BCUT2D eigenvalue weighted by Gasteiger charge is -2.10. The molecule has 1 heterocycles. The summed E-state index contributed by atoms with van der Waals surface area (Å²) in [6.45, 7) is 0.163. The summed E-state index contributed by atoms with van der Waals surface area (Å²) in [6.07, 6.45) is 5.35. The number of hydrogen-bond donors (Lipinski definition) is 2. The minimum atomic E-state index is -0.850. The fourth-order valence-electron chi connectivity index (χ4n) is 1.39. The molecular formula is C10H11N3O3. The number of amides is 1. The van der Waals surface area contributed by atoms with Crippen LogP contribution in [-0.2, 0) is 4.79 Å². The van der Waals surface area contributed by atoms with Crippen molar-refractivity contribution in [1.29, 1.82) is 0 Å². The molecule has 0 atom stereocenters. The van der Waals surface area contributed by atoms with E-state index < -0.39 is 11.4 Å². The molecule has 0 radical (unpaired) electrons. The third-order valence-corrected chi connectivity index (χ3v) is 2.72. The van der Waals surface area contributed by atoms with Crippen LogP contribution in [0.2, 0.25) is 0 Å². The Morgan fingerprint density at radius 2 is 2.00 bits per heavy atom. The van der Waals surface area contributed by atoms with Crippen LogP contribution in [0.25, 0.3) is 0 Å². The summed E-state index contributed by atoms with van der Waals surface area (Å²) in [4.78, 5) is 29.8. The second-order valence-electron chi connectivity index (χ2n) is 3.90. The molecule has 0 aromatic carbocycles. The first-order chi connectivity index (χ1) is 7.64. The standard InChI is InChI=1S/C10H11N3O3/c14-8(7-3-11-6-12-4-7)13-5-10(1-2-10)9(15)16/h3-4,6H,1-2,5H2,(H,13,14)(H,15,16). The van der Waals surface area contributed by atoms with Crippen molar-refractivity contribution in [2.24, 2.45) is 5.41 Å². The van der Waals surface area contributed by atoms with Gasteiger partial charge in [0.05, 0.1) is 11.0 Å². The highest BCUT2D eigenvalue weighted by molar-refractivity contribution is 5.94. The average Bonchev–Trinajstić information content (AvgIpc) is 3.08. The maximum Gasteiger partial charge on any atom is 0.311 e. The molecule has 1 amide bonds. The van der Waals surface area contributed by atoms with Crippen LogP contribution in [0.1, 0.15) is 23.2 Å². The Morgan fingerprint density at radius 3 is 2.50 bits per heavy atom. The van der Waals surface area contributed by atoms with E-state index in [2.05, 4.69) is 15.3 Å². The maximum absolute atomic E-state index is 11.6. The fraction of sp³-hybridized carbons (Fsp3) is 0.400. The van der Waals surface area contributed by atoms with Gasteiger partial charge in [-0.2, -0.15) is 0 Å². The number of carbonyl (C=O) groups is 2. The Hall–Kier alpha value is -1.98. The Labute approximate surface area is 91.7 Å². The van der Waals surface area contributed by atoms with Crippen molar-refractivity contribution in [3.8, 4) is 0 Å². The molecule has 1 aliphatic carbocycles. The zero-order valence-corrected chi connectivity index (χ0v) is 8.51. The summed E-state index contributed by atoms with van der Waals surface area (Å²) >= 11 is 0. The molecule has 2 N–H and O–H groups in total. The Bertz CT molecular complexity index is 415. The third-order valence-electron chi connectivity index (χ3n) is 2.72. The van der Waals surface area contributed by atoms with Gasteiger partial charge in [0.1, 0.15) is 6.33 Å². The minimum absolute atomic E-state index is 0.163. The van der Waals surface area contributed by atoms with Crippen LogP contribution in [0, 0.1) is 5.41 Å². The van der Waals surface area contributed by atoms with Crippen LogP contribution in [0.3, 0.4) is 0 Å². The average molecular weight is 221 g/mol. The van der Waals surface area contributed by atoms with Gasteiger partial charge in [-0.15, -0.1) is 0 Å². The van der Waals surface area contributed by atoms with Crippen molar-refractivity contribution in [2.45, 2.75) is 12.8 Å². The summed E-state index contributed by atoms with van der Waals surface area (Å²) in [5.74, 6) is -1.19. The zero-order chi connectivity index (χ0) is 11.6. The smallest absolute Gasteiger partial charge is 0.311 e. The lowest BCUT2D eigenvalue weighted by atomic mass is 10.1. The van der Waals surface area contributed by atoms with Crippen molar-refractivity contribution in [1.82, 2.24) is 15.3 Å². The van der Waals surface area contributed by atoms with E-state index >= 15 is 0 Å². The summed E-state index contributed by atoms with van der Waals surface area (Å²) in [7, 11) is 0. The SMILES string of the molecule is O=C(NCC1(C(=O)O)CC1)c1cncnc1. The monoisotopic (exact) mass is 221 g/mol. The normalized spacial score (nSPS) is 16.5. The first kappa shape index (κ1) is 10.5. The molecule has 1 aliphatic rings. The fourth-order valence-corrected chi connectivity index (χ4v) is 1.39. The molecule has 2 rings (SSSR count). The van der Waals surface area contributed by atoms with E-state index in [4.69, 9.17) is 5.11 Å². The Balaban J connectivity index is 1.92. The number of carboxylic acids is 1. The van der Waals surface area contributed by atoms with Gasteiger partial charge in [0.25, 0.3) is 5.91 Å². The predicted octanol–water partition coefficient (Wildman–Crippen LogP) is 0.0712. The van der Waals surface area contributed by atoms with Gasteiger partial charge in [0.2, 0.25) is 0 Å². The molecule has 0 aliphatic heterocycles. The van der Waals surface area contributed by atoms with Gasteiger partial charge >= 0.3 is 5.97 Å². The largest absolute Gasteiger partial charge is 0.481 e. The molecule has 1 saturated carbocycles. The number of hydrogen-bond acceptors (Lipinski definition) is 4. The Morgan fingerprint density at radius 1 is 1.38 bits per heavy atom. The zero-order valence-electron chi connectivity index (χ0n) is 8.51. The van der Waals surface area contributed by atoms with Gasteiger partial charge in [0, 0.05) is 18.9 Å². The van der Waals surface area contributed by atoms with Crippen LogP contribution >= 0.6 is 0 Å². The summed E-state index contributed by atoms with van der Waals surface area (Å²) < 4.78 is 0. The number of nitrogens with zero attached hydrogens (tertiary/aromatic N) is 2. The third kappa shape index (κ3) is 2.00. The number of carboxylic acid groups (broad SMARTS) is 1. The lowest BCUT2D eigenvalue weighted by molar-refractivity contribution is -0.143. The molecule has 6 nitrogen and oxygen atoms in total. The van der Waals surface area contributed by atoms with Crippen molar-refractivity contribution in [3.63, 3.8) is 0 Å². The first-order valence-corrected chi connectivity index (χ1v) is 4.91. The lowest BCUT2D eigenvalue weighted by Crippen LogP contribution is -2.34. The number of aromatic nitrogens is 2. The van der Waals surface area contributed by atoms with E-state index in [1.807, 2.05) is 0 Å². The van der Waals surface area contributed by atoms with Gasteiger partial charge in [0.15, 0.2) is 0 Å². The van der Waals surface area contributed by atoms with Crippen molar-refractivity contribution >= 4 is 11.9 Å². The molecular weight excluding hydrogens is 210 g/mol. The van der Waals surface area contributed by atoms with E-state index in [0.29, 0.717) is 18.4 Å². The van der Waals surface area contributed by atoms with E-state index in [-0.39, 0.29) is 12.5 Å². The molecule has 1 aromatic heterocycles.